The first-order chi connectivity index (χ1) is 12.3. The van der Waals surface area contributed by atoms with Gasteiger partial charge < -0.3 is 19.9 Å². The van der Waals surface area contributed by atoms with Crippen LogP contribution in [-0.4, -0.2) is 62.5 Å². The van der Waals surface area contributed by atoms with Crippen molar-refractivity contribution in [3.63, 3.8) is 0 Å². The summed E-state index contributed by atoms with van der Waals surface area (Å²) in [5, 5.41) is 3.25. The van der Waals surface area contributed by atoms with Crippen molar-refractivity contribution >= 4 is 11.9 Å². The Kier molecular flexibility index (Phi) is 9.40. The predicted octanol–water partition coefficient (Wildman–Crippen LogP) is 2.55. The smallest absolute Gasteiger partial charge is 0.387 e. The molecule has 6 nitrogen and oxygen atoms in total. The largest absolute Gasteiger partial charge is 0.435 e. The second-order valence-corrected chi connectivity index (χ2v) is 6.09. The fourth-order valence-corrected chi connectivity index (χ4v) is 2.10. The molecule has 26 heavy (non-hydrogen) atoms. The van der Waals surface area contributed by atoms with Crippen LogP contribution < -0.4 is 10.1 Å². The van der Waals surface area contributed by atoms with Crippen LogP contribution in [0.3, 0.4) is 0 Å². The first kappa shape index (κ1) is 21.7. The zero-order valence-corrected chi connectivity index (χ0v) is 15.8. The van der Waals surface area contributed by atoms with E-state index in [1.54, 1.807) is 26.2 Å². The van der Waals surface area contributed by atoms with Gasteiger partial charge in [-0.1, -0.05) is 25.5 Å². The monoisotopic (exact) mass is 370 g/mol. The summed E-state index contributed by atoms with van der Waals surface area (Å²) < 4.78 is 28.8. The number of nitrogens with one attached hydrogen (secondary N) is 1. The molecular weight excluding hydrogens is 342 g/mol. The van der Waals surface area contributed by atoms with E-state index in [2.05, 4.69) is 22.0 Å². The molecule has 1 N–H and O–H groups in total. The molecule has 8 heteroatoms. The van der Waals surface area contributed by atoms with E-state index in [-0.39, 0.29) is 18.2 Å². The van der Waals surface area contributed by atoms with E-state index in [0.29, 0.717) is 12.5 Å². The maximum absolute atomic E-state index is 12.2. The minimum absolute atomic E-state index is 0.0625. The molecule has 0 fully saturated rings. The molecule has 1 aromatic carbocycles. The summed E-state index contributed by atoms with van der Waals surface area (Å²) in [5.41, 5.74) is 0.915. The highest BCUT2D eigenvalue weighted by atomic mass is 19.3. The Hall–Kier alpha value is -2.38. The number of rotatable bonds is 9. The lowest BCUT2D eigenvalue weighted by atomic mass is 10.2. The Morgan fingerprint density at radius 3 is 2.42 bits per heavy atom. The SMILES string of the molecule is CCCCNC(=NCC(=O)N(C)C)N(C)Cc1ccc(OC(F)F)cc1. The van der Waals surface area contributed by atoms with E-state index in [4.69, 9.17) is 0 Å². The van der Waals surface area contributed by atoms with E-state index < -0.39 is 6.61 Å². The number of benzene rings is 1. The van der Waals surface area contributed by atoms with Gasteiger partial charge in [-0.3, -0.25) is 4.79 Å². The third-order valence-electron chi connectivity index (χ3n) is 3.61. The number of unbranched alkanes of at least 4 members (excludes halogenated alkanes) is 1. The average molecular weight is 370 g/mol. The molecule has 0 saturated heterocycles. The lowest BCUT2D eigenvalue weighted by molar-refractivity contribution is -0.127. The molecule has 0 aliphatic rings. The molecule has 1 aromatic rings. The zero-order chi connectivity index (χ0) is 19.5. The molecule has 146 valence electrons. The molecule has 1 amide bonds. The van der Waals surface area contributed by atoms with Crippen molar-refractivity contribution in [2.24, 2.45) is 4.99 Å². The molecule has 0 aliphatic carbocycles. The Labute approximate surface area is 153 Å². The Bertz CT molecular complexity index is 577. The molecule has 0 heterocycles. The molecule has 1 rings (SSSR count). The van der Waals surface area contributed by atoms with Gasteiger partial charge in [0.1, 0.15) is 12.3 Å². The number of amides is 1. The van der Waals surface area contributed by atoms with Crippen molar-refractivity contribution in [1.82, 2.24) is 15.1 Å². The standard InChI is InChI=1S/C18H28F2N4O2/c1-5-6-11-21-18(22-12-16(25)23(2)3)24(4)13-14-7-9-15(10-8-14)26-17(19)20/h7-10,17H,5-6,11-13H2,1-4H3,(H,21,22). The lowest BCUT2D eigenvalue weighted by Crippen LogP contribution is -2.40. The number of ether oxygens (including phenoxy) is 1. The highest BCUT2D eigenvalue weighted by Crippen LogP contribution is 2.15. The molecule has 0 unspecified atom stereocenters. The van der Waals surface area contributed by atoms with E-state index in [9.17, 15) is 13.6 Å². The summed E-state index contributed by atoms with van der Waals surface area (Å²) in [7, 11) is 5.24. The summed E-state index contributed by atoms with van der Waals surface area (Å²) in [5.74, 6) is 0.668. The fourth-order valence-electron chi connectivity index (χ4n) is 2.10. The molecule has 0 radical (unpaired) electrons. The number of hydrogen-bond donors (Lipinski definition) is 1. The van der Waals surface area contributed by atoms with Gasteiger partial charge in [0.25, 0.3) is 0 Å². The van der Waals surface area contributed by atoms with Crippen LogP contribution >= 0.6 is 0 Å². The van der Waals surface area contributed by atoms with Crippen LogP contribution in [-0.2, 0) is 11.3 Å². The van der Waals surface area contributed by atoms with E-state index >= 15 is 0 Å². The quantitative estimate of drug-likeness (QED) is 0.412. The van der Waals surface area contributed by atoms with E-state index in [1.165, 1.54) is 17.0 Å². The van der Waals surface area contributed by atoms with Crippen LogP contribution in [0.1, 0.15) is 25.3 Å². The number of carbonyl (C=O) groups excluding carboxylic acids is 1. The highest BCUT2D eigenvalue weighted by molar-refractivity contribution is 5.84. The predicted molar refractivity (Wildman–Crippen MR) is 98.4 cm³/mol. The molecular formula is C18H28F2N4O2. The lowest BCUT2D eigenvalue weighted by Gasteiger charge is -2.23. The van der Waals surface area contributed by atoms with Crippen molar-refractivity contribution in [3.05, 3.63) is 29.8 Å². The number of nitrogens with zero attached hydrogens (tertiary/aromatic N) is 3. The second-order valence-electron chi connectivity index (χ2n) is 6.09. The van der Waals surface area contributed by atoms with Gasteiger partial charge in [0.15, 0.2) is 5.96 Å². The van der Waals surface area contributed by atoms with E-state index in [0.717, 1.165) is 24.9 Å². The topological polar surface area (TPSA) is 57.2 Å². The fraction of sp³-hybridized carbons (Fsp3) is 0.556. The minimum atomic E-state index is -2.83. The van der Waals surface area contributed by atoms with Gasteiger partial charge in [-0.25, -0.2) is 4.99 Å². The molecule has 0 aromatic heterocycles. The first-order valence-electron chi connectivity index (χ1n) is 8.56. The van der Waals surface area contributed by atoms with Gasteiger partial charge in [0.05, 0.1) is 0 Å². The number of carbonyl (C=O) groups is 1. The summed E-state index contributed by atoms with van der Waals surface area (Å²) in [6, 6.07) is 6.46. The van der Waals surface area contributed by atoms with Crippen LogP contribution in [0.5, 0.6) is 5.75 Å². The van der Waals surface area contributed by atoms with Crippen molar-refractivity contribution < 1.29 is 18.3 Å². The summed E-state index contributed by atoms with van der Waals surface area (Å²) in [4.78, 5) is 19.6. The van der Waals surface area contributed by atoms with Crippen LogP contribution in [0, 0.1) is 0 Å². The molecule has 0 atom stereocenters. The minimum Gasteiger partial charge on any atom is -0.435 e. The van der Waals surface area contributed by atoms with Crippen molar-refractivity contribution in [2.75, 3.05) is 34.2 Å². The normalized spacial score (nSPS) is 11.4. The van der Waals surface area contributed by atoms with Gasteiger partial charge in [-0.2, -0.15) is 8.78 Å². The van der Waals surface area contributed by atoms with Crippen LogP contribution in [0.15, 0.2) is 29.3 Å². The summed E-state index contributed by atoms with van der Waals surface area (Å²) in [6.07, 6.45) is 2.04. The van der Waals surface area contributed by atoms with Gasteiger partial charge in [0, 0.05) is 34.2 Å². The average Bonchev–Trinajstić information content (AvgIpc) is 2.58. The van der Waals surface area contributed by atoms with Crippen molar-refractivity contribution in [3.8, 4) is 5.75 Å². The Morgan fingerprint density at radius 1 is 1.23 bits per heavy atom. The second kappa shape index (κ2) is 11.3. The third kappa shape index (κ3) is 8.13. The Balaban J connectivity index is 2.75. The summed E-state index contributed by atoms with van der Waals surface area (Å²) >= 11 is 0. The van der Waals surface area contributed by atoms with Crippen molar-refractivity contribution in [1.29, 1.82) is 0 Å². The van der Waals surface area contributed by atoms with Crippen LogP contribution in [0.2, 0.25) is 0 Å². The maximum atomic E-state index is 12.2. The maximum Gasteiger partial charge on any atom is 0.387 e. The Morgan fingerprint density at radius 2 is 1.88 bits per heavy atom. The van der Waals surface area contributed by atoms with Gasteiger partial charge in [-0.05, 0) is 24.1 Å². The molecule has 0 bridgehead atoms. The van der Waals surface area contributed by atoms with Gasteiger partial charge in [-0.15, -0.1) is 0 Å². The number of aliphatic imine (C=N–C) groups is 1. The number of guanidine groups is 1. The molecule has 0 aliphatic heterocycles. The van der Waals surface area contributed by atoms with Crippen LogP contribution in [0.4, 0.5) is 8.78 Å². The number of halogens is 2. The van der Waals surface area contributed by atoms with E-state index in [1.807, 2.05) is 11.9 Å². The number of hydrogen-bond acceptors (Lipinski definition) is 3. The molecule has 0 saturated carbocycles. The third-order valence-corrected chi connectivity index (χ3v) is 3.61. The van der Waals surface area contributed by atoms with Gasteiger partial charge in [0.2, 0.25) is 5.91 Å². The van der Waals surface area contributed by atoms with Crippen LogP contribution in [0.25, 0.3) is 0 Å². The molecule has 0 spiro atoms. The number of likely N-dealkylation sites (N-methyl/N-ethyl adjacent to an activating group) is 1. The zero-order valence-electron chi connectivity index (χ0n) is 15.8. The summed E-state index contributed by atoms with van der Waals surface area (Å²) in [6.45, 7) is 0.604. The first-order valence-corrected chi connectivity index (χ1v) is 8.56. The van der Waals surface area contributed by atoms with Crippen molar-refractivity contribution in [2.45, 2.75) is 32.9 Å². The number of alkyl halides is 2. The highest BCUT2D eigenvalue weighted by Gasteiger charge is 2.10. The van der Waals surface area contributed by atoms with Gasteiger partial charge >= 0.3 is 6.61 Å².